The molecule has 3 nitrogen and oxygen atoms in total. The first-order valence-electron chi connectivity index (χ1n) is 5.60. The number of aryl methyl sites for hydroxylation is 2. The molecular formula is C14H14FNO2. The van der Waals surface area contributed by atoms with Gasteiger partial charge in [0.05, 0.1) is 6.61 Å². The van der Waals surface area contributed by atoms with Crippen LogP contribution in [0.25, 0.3) is 0 Å². The van der Waals surface area contributed by atoms with Crippen LogP contribution in [0.15, 0.2) is 30.5 Å². The van der Waals surface area contributed by atoms with Crippen LogP contribution in [0.2, 0.25) is 0 Å². The fourth-order valence-electron chi connectivity index (χ4n) is 1.58. The highest BCUT2D eigenvalue weighted by Crippen LogP contribution is 2.26. The lowest BCUT2D eigenvalue weighted by Gasteiger charge is -2.10. The highest BCUT2D eigenvalue weighted by molar-refractivity contribution is 5.38. The number of hydrogen-bond donors (Lipinski definition) is 1. The first-order valence-corrected chi connectivity index (χ1v) is 5.60. The second kappa shape index (κ2) is 5.14. The summed E-state index contributed by atoms with van der Waals surface area (Å²) in [5.74, 6) is 0.806. The lowest BCUT2D eigenvalue weighted by Crippen LogP contribution is -1.95. The van der Waals surface area contributed by atoms with Crippen LogP contribution in [0.4, 0.5) is 4.39 Å². The second-order valence-electron chi connectivity index (χ2n) is 4.10. The number of halogens is 1. The molecule has 2 aromatic rings. The molecule has 1 aromatic heterocycles. The third-order valence-electron chi connectivity index (χ3n) is 2.61. The van der Waals surface area contributed by atoms with E-state index in [-0.39, 0.29) is 12.4 Å². The van der Waals surface area contributed by atoms with Crippen LogP contribution in [0, 0.1) is 19.7 Å². The van der Waals surface area contributed by atoms with Crippen molar-refractivity contribution in [3.63, 3.8) is 0 Å². The average Bonchev–Trinajstić information content (AvgIpc) is 2.34. The van der Waals surface area contributed by atoms with E-state index in [1.807, 2.05) is 6.92 Å². The van der Waals surface area contributed by atoms with Gasteiger partial charge in [0.1, 0.15) is 17.3 Å². The summed E-state index contributed by atoms with van der Waals surface area (Å²) in [6.45, 7) is 3.36. The van der Waals surface area contributed by atoms with Crippen molar-refractivity contribution in [2.45, 2.75) is 20.5 Å². The number of aliphatic hydroxyl groups excluding tert-OH is 1. The Labute approximate surface area is 105 Å². The second-order valence-corrected chi connectivity index (χ2v) is 4.10. The predicted molar refractivity (Wildman–Crippen MR) is 66.1 cm³/mol. The molecule has 0 saturated carbocycles. The highest BCUT2D eigenvalue weighted by Gasteiger charge is 2.07. The molecule has 1 aromatic carbocycles. The van der Waals surface area contributed by atoms with Crippen LogP contribution in [0.5, 0.6) is 11.5 Å². The van der Waals surface area contributed by atoms with E-state index >= 15 is 0 Å². The number of ether oxygens (including phenoxy) is 1. The summed E-state index contributed by atoms with van der Waals surface area (Å²) in [7, 11) is 0. The Morgan fingerprint density at radius 3 is 2.72 bits per heavy atom. The van der Waals surface area contributed by atoms with Crippen molar-refractivity contribution >= 4 is 0 Å². The van der Waals surface area contributed by atoms with E-state index in [1.165, 1.54) is 6.07 Å². The summed E-state index contributed by atoms with van der Waals surface area (Å²) in [5, 5.41) is 9.21. The fourth-order valence-corrected chi connectivity index (χ4v) is 1.58. The zero-order valence-electron chi connectivity index (χ0n) is 10.3. The van der Waals surface area contributed by atoms with Gasteiger partial charge in [0.25, 0.3) is 0 Å². The van der Waals surface area contributed by atoms with Gasteiger partial charge in [-0.1, -0.05) is 0 Å². The molecular weight excluding hydrogens is 233 g/mol. The number of benzene rings is 1. The summed E-state index contributed by atoms with van der Waals surface area (Å²) in [5.41, 5.74) is 1.91. The lowest BCUT2D eigenvalue weighted by atomic mass is 10.2. The van der Waals surface area contributed by atoms with Crippen molar-refractivity contribution < 1.29 is 14.2 Å². The van der Waals surface area contributed by atoms with Crippen molar-refractivity contribution in [1.82, 2.24) is 4.98 Å². The maximum absolute atomic E-state index is 13.1. The first kappa shape index (κ1) is 12.5. The SMILES string of the molecule is Cc1cc(Oc2ccc(F)c(C)c2)c(CO)cn1. The maximum Gasteiger partial charge on any atom is 0.136 e. The molecule has 0 atom stereocenters. The number of aromatic nitrogens is 1. The van der Waals surface area contributed by atoms with E-state index in [2.05, 4.69) is 4.98 Å². The molecule has 0 unspecified atom stereocenters. The molecule has 0 amide bonds. The van der Waals surface area contributed by atoms with Gasteiger partial charge in [0, 0.05) is 23.5 Å². The molecule has 0 spiro atoms. The van der Waals surface area contributed by atoms with Crippen LogP contribution in [-0.4, -0.2) is 10.1 Å². The third-order valence-corrected chi connectivity index (χ3v) is 2.61. The monoisotopic (exact) mass is 247 g/mol. The third kappa shape index (κ3) is 2.65. The largest absolute Gasteiger partial charge is 0.457 e. The molecule has 2 rings (SSSR count). The van der Waals surface area contributed by atoms with Crippen molar-refractivity contribution in [2.24, 2.45) is 0 Å². The van der Waals surface area contributed by atoms with Crippen molar-refractivity contribution in [2.75, 3.05) is 0 Å². The first-order chi connectivity index (χ1) is 8.60. The summed E-state index contributed by atoms with van der Waals surface area (Å²) < 4.78 is 18.8. The summed E-state index contributed by atoms with van der Waals surface area (Å²) in [4.78, 5) is 4.08. The smallest absolute Gasteiger partial charge is 0.136 e. The molecule has 0 saturated heterocycles. The minimum absolute atomic E-state index is 0.150. The average molecular weight is 247 g/mol. The van der Waals surface area contributed by atoms with Gasteiger partial charge in [-0.15, -0.1) is 0 Å². The van der Waals surface area contributed by atoms with E-state index in [0.717, 1.165) is 5.69 Å². The standard InChI is InChI=1S/C14H14FNO2/c1-9-5-12(3-4-13(9)15)18-14-6-10(2)16-7-11(14)8-17/h3-7,17H,8H2,1-2H3. The fraction of sp³-hybridized carbons (Fsp3) is 0.214. The Morgan fingerprint density at radius 2 is 2.06 bits per heavy atom. The van der Waals surface area contributed by atoms with Crippen molar-refractivity contribution in [3.8, 4) is 11.5 Å². The van der Waals surface area contributed by atoms with E-state index in [0.29, 0.717) is 22.6 Å². The zero-order valence-corrected chi connectivity index (χ0v) is 10.3. The van der Waals surface area contributed by atoms with E-state index in [4.69, 9.17) is 4.74 Å². The predicted octanol–water partition coefficient (Wildman–Crippen LogP) is 3.12. The molecule has 18 heavy (non-hydrogen) atoms. The van der Waals surface area contributed by atoms with Gasteiger partial charge in [-0.25, -0.2) is 4.39 Å². The zero-order chi connectivity index (χ0) is 13.1. The summed E-state index contributed by atoms with van der Waals surface area (Å²) in [6.07, 6.45) is 1.57. The molecule has 0 aliphatic carbocycles. The number of pyridine rings is 1. The molecule has 0 bridgehead atoms. The Hall–Kier alpha value is -1.94. The van der Waals surface area contributed by atoms with Gasteiger partial charge in [0.15, 0.2) is 0 Å². The molecule has 94 valence electrons. The minimum atomic E-state index is -0.268. The van der Waals surface area contributed by atoms with Crippen LogP contribution in [-0.2, 0) is 6.61 Å². The van der Waals surface area contributed by atoms with Crippen molar-refractivity contribution in [3.05, 3.63) is 53.1 Å². The highest BCUT2D eigenvalue weighted by atomic mass is 19.1. The molecule has 1 heterocycles. The van der Waals surface area contributed by atoms with Crippen molar-refractivity contribution in [1.29, 1.82) is 0 Å². The van der Waals surface area contributed by atoms with Gasteiger partial charge in [-0.05, 0) is 37.6 Å². The topological polar surface area (TPSA) is 42.4 Å². The number of rotatable bonds is 3. The number of nitrogens with zero attached hydrogens (tertiary/aromatic N) is 1. The van der Waals surface area contributed by atoms with Crippen LogP contribution in [0.1, 0.15) is 16.8 Å². The Bertz CT molecular complexity index is 570. The Morgan fingerprint density at radius 1 is 1.28 bits per heavy atom. The normalized spacial score (nSPS) is 10.4. The number of aliphatic hydroxyl groups is 1. The van der Waals surface area contributed by atoms with Gasteiger partial charge in [-0.2, -0.15) is 0 Å². The van der Waals surface area contributed by atoms with Gasteiger partial charge in [0.2, 0.25) is 0 Å². The van der Waals surface area contributed by atoms with Crippen LogP contribution < -0.4 is 4.74 Å². The molecule has 0 fully saturated rings. The Kier molecular flexibility index (Phi) is 3.58. The molecule has 0 aliphatic heterocycles. The lowest BCUT2D eigenvalue weighted by molar-refractivity contribution is 0.276. The van der Waals surface area contributed by atoms with Crippen LogP contribution >= 0.6 is 0 Å². The summed E-state index contributed by atoms with van der Waals surface area (Å²) >= 11 is 0. The minimum Gasteiger partial charge on any atom is -0.457 e. The van der Waals surface area contributed by atoms with Crippen LogP contribution in [0.3, 0.4) is 0 Å². The summed E-state index contributed by atoms with van der Waals surface area (Å²) in [6, 6.07) is 6.27. The van der Waals surface area contributed by atoms with E-state index in [9.17, 15) is 9.50 Å². The quantitative estimate of drug-likeness (QED) is 0.906. The van der Waals surface area contributed by atoms with Gasteiger partial charge in [-0.3, -0.25) is 4.98 Å². The molecule has 4 heteroatoms. The van der Waals surface area contributed by atoms with E-state index in [1.54, 1.807) is 31.3 Å². The number of hydrogen-bond acceptors (Lipinski definition) is 3. The Balaban J connectivity index is 2.33. The molecule has 1 N–H and O–H groups in total. The van der Waals surface area contributed by atoms with Gasteiger partial charge >= 0.3 is 0 Å². The maximum atomic E-state index is 13.1. The van der Waals surface area contributed by atoms with E-state index < -0.39 is 0 Å². The molecule has 0 radical (unpaired) electrons. The molecule has 0 aliphatic rings. The van der Waals surface area contributed by atoms with Gasteiger partial charge < -0.3 is 9.84 Å².